The van der Waals surface area contributed by atoms with Gasteiger partial charge < -0.3 is 0 Å². The summed E-state index contributed by atoms with van der Waals surface area (Å²) in [7, 11) is 0. The normalized spacial score (nSPS) is 11.7. The van der Waals surface area contributed by atoms with Crippen LogP contribution in [0.15, 0.2) is 0 Å². The van der Waals surface area contributed by atoms with Gasteiger partial charge in [0.15, 0.2) is 0 Å². The van der Waals surface area contributed by atoms with Gasteiger partial charge in [0.2, 0.25) is 0 Å². The van der Waals surface area contributed by atoms with Crippen LogP contribution in [0.1, 0.15) is 0 Å². The van der Waals surface area contributed by atoms with Crippen molar-refractivity contribution in [3.05, 3.63) is 0 Å². The average Bonchev–Trinajstić information content (AvgIpc) is 1.31. The van der Waals surface area contributed by atoms with E-state index in [2.05, 4.69) is 15.0 Å². The molecule has 0 aliphatic heterocycles. The van der Waals surface area contributed by atoms with Crippen LogP contribution in [0.25, 0.3) is 0 Å². The van der Waals surface area contributed by atoms with Gasteiger partial charge in [0.25, 0.3) is 0 Å². The Kier molecular flexibility index (Phi) is 1.93. The minimum atomic E-state index is -4.92. The number of rotatable bonds is 0. The van der Waals surface area contributed by atoms with Gasteiger partial charge in [-0.2, -0.15) is 0 Å². The molecule has 0 aromatic heterocycles. The van der Waals surface area contributed by atoms with Crippen molar-refractivity contribution in [1.29, 1.82) is 0 Å². The molecule has 7 heavy (non-hydrogen) atoms. The molecule has 0 aliphatic carbocycles. The summed E-state index contributed by atoms with van der Waals surface area (Å²) in [5.41, 5.74) is 0. The van der Waals surface area contributed by atoms with Gasteiger partial charge in [-0.25, -0.2) is 0 Å². The van der Waals surface area contributed by atoms with E-state index >= 15 is 0 Å². The van der Waals surface area contributed by atoms with Gasteiger partial charge in [0.1, 0.15) is 0 Å². The first-order chi connectivity index (χ1) is 2.94. The van der Waals surface area contributed by atoms with Crippen LogP contribution in [0.2, 0.25) is 0 Å². The third kappa shape index (κ3) is 2.74. The molecule has 0 nitrogen and oxygen atoms in total. The zero-order valence-electron chi connectivity index (χ0n) is 2.83. The number of hydrogen-bond donors (Lipinski definition) is 0. The molecule has 0 saturated carbocycles. The van der Waals surface area contributed by atoms with Gasteiger partial charge in [-0.15, -0.1) is 0 Å². The molecule has 0 heterocycles. The second-order valence-electron chi connectivity index (χ2n) is 0.731. The monoisotopic (exact) mass is 158 g/mol. The SMILES string of the molecule is F[C](=[Ni])C(F)(F)F. The quantitative estimate of drug-likeness (QED) is 0.367. The number of alkyl halides is 3. The van der Waals surface area contributed by atoms with E-state index in [1.54, 1.807) is 0 Å². The predicted octanol–water partition coefficient (Wildman–Crippen LogP) is 1.19. The second-order valence-corrected chi connectivity index (χ2v) is 1.16. The Labute approximate surface area is 44.4 Å². The molecule has 0 aromatic carbocycles. The third-order valence-electron chi connectivity index (χ3n) is 0.197. The van der Waals surface area contributed by atoms with Crippen LogP contribution in [0, 0.1) is 0 Å². The van der Waals surface area contributed by atoms with Gasteiger partial charge in [0, 0.05) is 0 Å². The predicted molar refractivity (Wildman–Crippen MR) is 12.2 cm³/mol. The van der Waals surface area contributed by atoms with E-state index in [9.17, 15) is 17.6 Å². The Morgan fingerprint density at radius 2 is 1.43 bits per heavy atom. The van der Waals surface area contributed by atoms with Crippen LogP contribution >= 0.6 is 0 Å². The molecule has 0 saturated heterocycles. The molecule has 5 heteroatoms. The van der Waals surface area contributed by atoms with Crippen molar-refractivity contribution in [2.45, 2.75) is 6.18 Å². The van der Waals surface area contributed by atoms with Crippen molar-refractivity contribution >= 4 is 4.74 Å². The molecule has 46 valence electrons. The third-order valence-corrected chi connectivity index (χ3v) is 0.477. The van der Waals surface area contributed by atoms with E-state index in [1.165, 1.54) is 0 Å². The summed E-state index contributed by atoms with van der Waals surface area (Å²) in [6.45, 7) is 0. The first kappa shape index (κ1) is 7.08. The Balaban J connectivity index is 3.79. The zero-order valence-corrected chi connectivity index (χ0v) is 3.82. The molecule has 0 aliphatic rings. The summed E-state index contributed by atoms with van der Waals surface area (Å²) in [5.74, 6) is 0. The molecule has 0 bridgehead atoms. The van der Waals surface area contributed by atoms with Crippen LogP contribution < -0.4 is 0 Å². The molecular weight excluding hydrogens is 159 g/mol. The summed E-state index contributed by atoms with van der Waals surface area (Å²) in [6.07, 6.45) is -4.92. The molecule has 0 rings (SSSR count). The fraction of sp³-hybridized carbons (Fsp3) is 0.500. The fourth-order valence-corrected chi connectivity index (χ4v) is 0. The Morgan fingerprint density at radius 3 is 1.43 bits per heavy atom. The Bertz CT molecular complexity index is 82.2. The molecule has 0 radical (unpaired) electrons. The van der Waals surface area contributed by atoms with Crippen molar-refractivity contribution < 1.29 is 32.6 Å². The summed E-state index contributed by atoms with van der Waals surface area (Å²) >= 11 is 2.86. The molecule has 0 N–H and O–H groups in total. The fourth-order valence-electron chi connectivity index (χ4n) is 0. The van der Waals surface area contributed by atoms with Gasteiger partial charge in [-0.1, -0.05) is 0 Å². The Hall–Kier alpha value is 0.0835. The standard InChI is InChI=1S/C2F4.Ni/c3-1-2(4,5)6;. The molecule has 0 aromatic rings. The summed E-state index contributed by atoms with van der Waals surface area (Å²) < 4.78 is 40.5. The first-order valence-corrected chi connectivity index (χ1v) is 1.66. The van der Waals surface area contributed by atoms with E-state index < -0.39 is 10.9 Å². The second kappa shape index (κ2) is 1.91. The van der Waals surface area contributed by atoms with Crippen LogP contribution in [0.3, 0.4) is 0 Å². The van der Waals surface area contributed by atoms with Gasteiger partial charge in [-0.3, -0.25) is 0 Å². The minimum absolute atomic E-state index is 2.38. The van der Waals surface area contributed by atoms with Crippen molar-refractivity contribution in [2.24, 2.45) is 0 Å². The first-order valence-electron chi connectivity index (χ1n) is 1.16. The van der Waals surface area contributed by atoms with Gasteiger partial charge >= 0.3 is 43.5 Å². The van der Waals surface area contributed by atoms with E-state index in [4.69, 9.17) is 0 Å². The number of halogens is 4. The molecule has 0 unspecified atom stereocenters. The molecule has 0 atom stereocenters. The summed E-state index contributed by atoms with van der Waals surface area (Å²) in [6, 6.07) is 0. The van der Waals surface area contributed by atoms with Crippen molar-refractivity contribution in [3.8, 4) is 0 Å². The van der Waals surface area contributed by atoms with Crippen LogP contribution in [-0.4, -0.2) is 10.9 Å². The molecular formula is C2F4Ni. The van der Waals surface area contributed by atoms with Crippen LogP contribution in [0.5, 0.6) is 0 Å². The summed E-state index contributed by atoms with van der Waals surface area (Å²) in [5, 5.41) is 0. The van der Waals surface area contributed by atoms with Crippen LogP contribution in [0.4, 0.5) is 17.6 Å². The Morgan fingerprint density at radius 1 is 1.29 bits per heavy atom. The molecule has 0 fully saturated rings. The van der Waals surface area contributed by atoms with E-state index in [0.717, 1.165) is 0 Å². The van der Waals surface area contributed by atoms with E-state index in [0.29, 0.717) is 0 Å². The van der Waals surface area contributed by atoms with E-state index in [-0.39, 0.29) is 0 Å². The van der Waals surface area contributed by atoms with Crippen molar-refractivity contribution in [3.63, 3.8) is 0 Å². The topological polar surface area (TPSA) is 0 Å². The van der Waals surface area contributed by atoms with Gasteiger partial charge in [-0.05, 0) is 0 Å². The maximum absolute atomic E-state index is 10.8. The number of hydrogen-bond acceptors (Lipinski definition) is 0. The van der Waals surface area contributed by atoms with E-state index in [1.807, 2.05) is 0 Å². The molecule has 0 spiro atoms. The summed E-state index contributed by atoms with van der Waals surface area (Å²) in [4.78, 5) is 0. The van der Waals surface area contributed by atoms with Gasteiger partial charge in [0.05, 0.1) is 0 Å². The molecule has 0 amide bonds. The van der Waals surface area contributed by atoms with Crippen molar-refractivity contribution in [2.75, 3.05) is 0 Å². The zero-order chi connectivity index (χ0) is 6.08. The average molecular weight is 159 g/mol. The van der Waals surface area contributed by atoms with Crippen molar-refractivity contribution in [1.82, 2.24) is 0 Å². The maximum atomic E-state index is 10.8. The van der Waals surface area contributed by atoms with Crippen LogP contribution in [-0.2, 0) is 15.0 Å².